The Kier molecular flexibility index (Phi) is 50.3. The zero-order valence-corrected chi connectivity index (χ0v) is 81.0. The number of amides is 2. The van der Waals surface area contributed by atoms with E-state index in [-0.39, 0.29) is 11.8 Å². The summed E-state index contributed by atoms with van der Waals surface area (Å²) >= 11 is 19.1. The zero-order valence-electron chi connectivity index (χ0n) is 72.9. The van der Waals surface area contributed by atoms with Gasteiger partial charge in [-0.15, -0.1) is 68.0 Å². The molecule has 2 aliphatic rings. The molecular weight excluding hydrogens is 1640 g/mol. The van der Waals surface area contributed by atoms with Crippen LogP contribution in [0, 0.1) is 0 Å². The molecule has 0 saturated heterocycles. The second kappa shape index (κ2) is 59.2. The first kappa shape index (κ1) is 96.9. The number of unbranched alkanes of at least 4 members (excludes halogenated alkanes) is 54. The lowest BCUT2D eigenvalue weighted by molar-refractivity contribution is -0.117. The molecule has 6 aromatic heterocycles. The topological polar surface area (TPSA) is 84.0 Å². The molecule has 0 fully saturated rings. The number of halogens is 2. The van der Waals surface area contributed by atoms with Gasteiger partial charge < -0.3 is 10.6 Å². The van der Waals surface area contributed by atoms with E-state index in [0.29, 0.717) is 22.5 Å². The molecule has 0 radical (unpaired) electrons. The Labute approximate surface area is 737 Å². The van der Waals surface area contributed by atoms with E-state index in [4.69, 9.17) is 9.97 Å². The molecule has 0 unspecified atom stereocenters. The maximum atomic E-state index is 15.4. The molecule has 6 aromatic rings. The van der Waals surface area contributed by atoms with Gasteiger partial charge in [-0.2, -0.15) is 0 Å². The second-order valence-corrected chi connectivity index (χ2v) is 43.3. The number of nitrogens with zero attached hydrogens (tertiary/aromatic N) is 2. The Morgan fingerprint density at radius 2 is 0.456 bits per heavy atom. The lowest BCUT2D eigenvalue weighted by Gasteiger charge is -2.08. The van der Waals surface area contributed by atoms with Gasteiger partial charge in [0.25, 0.3) is 11.8 Å². The van der Waals surface area contributed by atoms with Crippen molar-refractivity contribution < 1.29 is 9.59 Å². The number of hydrogen-bond donors (Lipinski definition) is 2. The van der Waals surface area contributed by atoms with Crippen LogP contribution in [0.5, 0.6) is 0 Å². The number of carbonyl (C=O) groups is 2. The summed E-state index contributed by atoms with van der Waals surface area (Å²) in [5, 5.41) is 9.00. The van der Waals surface area contributed by atoms with E-state index in [1.165, 1.54) is 406 Å². The van der Waals surface area contributed by atoms with Gasteiger partial charge in [-0.25, -0.2) is 9.97 Å². The fourth-order valence-electron chi connectivity index (χ4n) is 17.3. The molecule has 0 bridgehead atoms. The van der Waals surface area contributed by atoms with Gasteiger partial charge in [-0.05, 0) is 155 Å². The molecule has 8 heterocycles. The van der Waals surface area contributed by atoms with Crippen molar-refractivity contribution in [3.05, 3.63) is 86.4 Å². The number of nitrogens with one attached hydrogen (secondary N) is 2. The number of carbonyl (C=O) groups excluding carboxylic acids is 2. The molecular formula is C100H156Br2N4O2S6. The minimum Gasteiger partial charge on any atom is -0.320 e. The number of hydrogen-bond acceptors (Lipinski definition) is 10. The monoisotopic (exact) mass is 1790 g/mol. The Bertz CT molecular complexity index is 3430. The van der Waals surface area contributed by atoms with Crippen molar-refractivity contribution in [1.29, 1.82) is 0 Å². The average molecular weight is 1800 g/mol. The third kappa shape index (κ3) is 34.4. The lowest BCUT2D eigenvalue weighted by atomic mass is 10.0. The highest BCUT2D eigenvalue weighted by Gasteiger charge is 2.44. The van der Waals surface area contributed by atoms with Crippen molar-refractivity contribution in [1.82, 2.24) is 20.6 Å². The van der Waals surface area contributed by atoms with Crippen LogP contribution in [0.1, 0.15) is 470 Å². The number of rotatable bonds is 72. The molecule has 0 aromatic carbocycles. The molecule has 0 aliphatic carbocycles. The number of aromatic nitrogens is 2. The number of thiophene rings is 4. The molecule has 114 heavy (non-hydrogen) atoms. The van der Waals surface area contributed by atoms with Crippen LogP contribution in [0.15, 0.2) is 43.0 Å². The maximum Gasteiger partial charge on any atom is 0.258 e. The van der Waals surface area contributed by atoms with E-state index in [2.05, 4.69) is 108 Å². The first-order valence-corrected chi connectivity index (χ1v) is 54.5. The fourth-order valence-corrected chi connectivity index (χ4v) is 25.9. The van der Waals surface area contributed by atoms with Gasteiger partial charge in [0.05, 0.1) is 61.0 Å². The van der Waals surface area contributed by atoms with Crippen molar-refractivity contribution in [2.45, 2.75) is 465 Å². The minimum absolute atomic E-state index is 0.190. The van der Waals surface area contributed by atoms with Crippen LogP contribution < -0.4 is 10.6 Å². The SMILES string of the molecule is CCCCCCCCCCCCc1cc(Br)sc1-c1cc(CCCCCCCCCCCC)c(-c2nc(CCCCCCCCCCCC)c(C3=C4C(=O)NC(c5sc(-c6sc(-c7sc(Br)cc7CCCCCCCCCCCC)cc6CCCCCCCCCCCC)nc5CCCCCCCCCCCC)=C4C(=O)N3)s2)s1. The molecule has 0 atom stereocenters. The van der Waals surface area contributed by atoms with Gasteiger partial charge >= 0.3 is 0 Å². The predicted octanol–water partition coefficient (Wildman–Crippen LogP) is 36.2. The van der Waals surface area contributed by atoms with E-state index in [0.717, 1.165) is 108 Å². The Morgan fingerprint density at radius 3 is 0.693 bits per heavy atom. The highest BCUT2D eigenvalue weighted by atomic mass is 79.9. The van der Waals surface area contributed by atoms with Gasteiger partial charge in [0.1, 0.15) is 10.0 Å². The van der Waals surface area contributed by atoms with Crippen LogP contribution in [0.3, 0.4) is 0 Å². The lowest BCUT2D eigenvalue weighted by Crippen LogP contribution is -2.21. The van der Waals surface area contributed by atoms with Crippen LogP contribution in [0.25, 0.3) is 50.7 Å². The van der Waals surface area contributed by atoms with Crippen molar-refractivity contribution in [2.24, 2.45) is 0 Å². The number of thiazole rings is 2. The first-order chi connectivity index (χ1) is 56.1. The third-order valence-corrected chi connectivity index (χ3v) is 32.9. The molecule has 8 rings (SSSR count). The average Bonchev–Trinajstić information content (AvgIpc) is 1.57. The first-order valence-electron chi connectivity index (χ1n) is 48.1. The normalized spacial score (nSPS) is 13.1. The van der Waals surface area contributed by atoms with Gasteiger partial charge in [0, 0.05) is 19.5 Å². The Balaban J connectivity index is 1.15. The molecule has 0 saturated carbocycles. The summed E-state index contributed by atoms with van der Waals surface area (Å²) in [5.41, 5.74) is 10.1. The third-order valence-electron chi connectivity index (χ3n) is 24.3. The summed E-state index contributed by atoms with van der Waals surface area (Å²) < 4.78 is 2.42. The van der Waals surface area contributed by atoms with E-state index in [1.807, 2.05) is 45.3 Å². The molecule has 2 N–H and O–H groups in total. The predicted molar refractivity (Wildman–Crippen MR) is 516 cm³/mol. The maximum absolute atomic E-state index is 15.4. The van der Waals surface area contributed by atoms with Crippen LogP contribution in [0.4, 0.5) is 0 Å². The summed E-state index contributed by atoms with van der Waals surface area (Å²) in [4.78, 5) is 52.3. The standard InChI is InChI=1S/C100H156Br2N4O2S6/c1-7-13-19-25-31-37-43-49-55-61-67-77-73-83(91-79(75-85(101)111-91)69-63-57-51-45-39-33-27-21-15-9-3)109-93(77)99-103-81(71-65-59-53-47-41-35-29-23-17-11-5)95(113-99)89-87-88(98(108)105-89)90(106-97(87)107)96-82(72-66-60-54-48-42-36-30-24-18-12-6)104-100(114-96)94-78(68-62-56-50-44-38-32-26-20-14-8-2)74-84(110-94)92-80(76-86(102)112-92)70-64-58-52-46-40-34-28-22-16-10-4/h73-76H,7-72H2,1-6H3,(H,105,108)(H,106,107). The van der Waals surface area contributed by atoms with Gasteiger partial charge in [0.15, 0.2) is 0 Å². The van der Waals surface area contributed by atoms with E-state index in [1.54, 1.807) is 22.7 Å². The van der Waals surface area contributed by atoms with E-state index >= 15 is 9.59 Å². The van der Waals surface area contributed by atoms with Crippen LogP contribution in [0.2, 0.25) is 0 Å². The van der Waals surface area contributed by atoms with Gasteiger partial charge in [-0.3, -0.25) is 9.59 Å². The van der Waals surface area contributed by atoms with Crippen LogP contribution in [-0.2, 0) is 48.1 Å². The molecule has 2 amide bonds. The summed E-state index contributed by atoms with van der Waals surface area (Å²) in [6, 6.07) is 9.90. The van der Waals surface area contributed by atoms with Crippen LogP contribution >= 0.6 is 99.9 Å². The summed E-state index contributed by atoms with van der Waals surface area (Å²) in [6.07, 6.45) is 84.2. The van der Waals surface area contributed by atoms with E-state index in [9.17, 15) is 0 Å². The van der Waals surface area contributed by atoms with Crippen molar-refractivity contribution >= 4 is 123 Å². The van der Waals surface area contributed by atoms with Gasteiger partial charge in [-0.1, -0.05) is 388 Å². The quantitative estimate of drug-likeness (QED) is 0.0373. The largest absolute Gasteiger partial charge is 0.320 e. The molecule has 6 nitrogen and oxygen atoms in total. The zero-order chi connectivity index (χ0) is 80.4. The Hall–Kier alpha value is -2.56. The van der Waals surface area contributed by atoms with E-state index < -0.39 is 0 Å². The molecule has 14 heteroatoms. The summed E-state index contributed by atoms with van der Waals surface area (Å²) in [6.45, 7) is 13.9. The van der Waals surface area contributed by atoms with Gasteiger partial charge in [0.2, 0.25) is 0 Å². The highest BCUT2D eigenvalue weighted by Crippen LogP contribution is 2.51. The summed E-state index contributed by atoms with van der Waals surface area (Å²) in [5.74, 6) is -0.380. The number of aryl methyl sites for hydroxylation is 6. The smallest absolute Gasteiger partial charge is 0.258 e. The van der Waals surface area contributed by atoms with Crippen molar-refractivity contribution in [3.63, 3.8) is 0 Å². The Morgan fingerprint density at radius 1 is 0.246 bits per heavy atom. The van der Waals surface area contributed by atoms with Crippen molar-refractivity contribution in [2.75, 3.05) is 0 Å². The molecule has 638 valence electrons. The molecule has 2 aliphatic heterocycles. The highest BCUT2D eigenvalue weighted by molar-refractivity contribution is 9.11. The second-order valence-electron chi connectivity index (χ2n) is 34.3. The van der Waals surface area contributed by atoms with Crippen LogP contribution in [-0.4, -0.2) is 21.8 Å². The van der Waals surface area contributed by atoms with Crippen molar-refractivity contribution in [3.8, 4) is 39.3 Å². The molecule has 0 spiro atoms. The fraction of sp³-hybridized carbons (Fsp3) is 0.720. The summed E-state index contributed by atoms with van der Waals surface area (Å²) in [7, 11) is 0. The minimum atomic E-state index is -0.190. The number of fused-ring (bicyclic) bond motifs is 1.